The van der Waals surface area contributed by atoms with Gasteiger partial charge in [-0.25, -0.2) is 4.39 Å². The Labute approximate surface area is 98.0 Å². The molecule has 1 aromatic rings. The van der Waals surface area contributed by atoms with Crippen LogP contribution in [-0.4, -0.2) is 24.3 Å². The fourth-order valence-electron chi connectivity index (χ4n) is 1.78. The van der Waals surface area contributed by atoms with Gasteiger partial charge in [-0.1, -0.05) is 0 Å². The summed E-state index contributed by atoms with van der Waals surface area (Å²) >= 11 is 0. The molecule has 1 aliphatic rings. The van der Waals surface area contributed by atoms with Crippen molar-refractivity contribution in [1.29, 1.82) is 0 Å². The van der Waals surface area contributed by atoms with Crippen LogP contribution in [0.2, 0.25) is 0 Å². The summed E-state index contributed by atoms with van der Waals surface area (Å²) in [5.74, 6) is -0.750. The Morgan fingerprint density at radius 2 is 2.12 bits per heavy atom. The number of halogens is 1. The lowest BCUT2D eigenvalue weighted by Gasteiger charge is -2.32. The fourth-order valence-corrected chi connectivity index (χ4v) is 1.78. The maximum atomic E-state index is 12.9. The Morgan fingerprint density at radius 1 is 1.41 bits per heavy atom. The molecule has 92 valence electrons. The maximum Gasteiger partial charge on any atom is 0.306 e. The lowest BCUT2D eigenvalue weighted by Crippen LogP contribution is -2.38. The van der Waals surface area contributed by atoms with Gasteiger partial charge in [-0.15, -0.1) is 0 Å². The van der Waals surface area contributed by atoms with Crippen LogP contribution in [0.3, 0.4) is 0 Å². The predicted octanol–water partition coefficient (Wildman–Crippen LogP) is 2.08. The van der Waals surface area contributed by atoms with E-state index in [1.54, 1.807) is 0 Å². The molecule has 0 unspecified atom stereocenters. The van der Waals surface area contributed by atoms with E-state index in [0.717, 1.165) is 0 Å². The molecule has 1 N–H and O–H groups in total. The van der Waals surface area contributed by atoms with Crippen LogP contribution in [-0.2, 0) is 4.79 Å². The van der Waals surface area contributed by atoms with Crippen LogP contribution in [0.1, 0.15) is 12.8 Å². The zero-order valence-electron chi connectivity index (χ0n) is 9.35. The number of carbonyl (C=O) groups is 1. The first kappa shape index (κ1) is 11.7. The Balaban J connectivity index is 1.98. The zero-order valence-corrected chi connectivity index (χ0v) is 9.35. The van der Waals surface area contributed by atoms with Crippen molar-refractivity contribution in [3.05, 3.63) is 24.0 Å². The molecule has 1 fully saturated rings. The Morgan fingerprint density at radius 3 is 2.71 bits per heavy atom. The van der Waals surface area contributed by atoms with Crippen LogP contribution >= 0.6 is 0 Å². The average Bonchev–Trinajstić information content (AvgIpc) is 2.23. The monoisotopic (exact) mass is 240 g/mol. The second-order valence-corrected chi connectivity index (χ2v) is 4.04. The zero-order chi connectivity index (χ0) is 12.4. The van der Waals surface area contributed by atoms with Crippen LogP contribution < -0.4 is 9.47 Å². The smallest absolute Gasteiger partial charge is 0.306 e. The summed E-state index contributed by atoms with van der Waals surface area (Å²) < 4.78 is 23.5. The van der Waals surface area contributed by atoms with Gasteiger partial charge in [0.15, 0.2) is 11.5 Å². The third-order valence-corrected chi connectivity index (χ3v) is 2.86. The highest BCUT2D eigenvalue weighted by atomic mass is 19.1. The van der Waals surface area contributed by atoms with Crippen molar-refractivity contribution in [2.24, 2.45) is 5.92 Å². The van der Waals surface area contributed by atoms with Gasteiger partial charge in [0.05, 0.1) is 13.0 Å². The molecule has 0 aliphatic heterocycles. The Bertz CT molecular complexity index is 427. The minimum Gasteiger partial charge on any atom is -0.493 e. The molecule has 1 saturated carbocycles. The number of methoxy groups -OCH3 is 1. The molecule has 4 nitrogen and oxygen atoms in total. The standard InChI is InChI=1S/C12H13FO4/c1-16-11-6-8(13)2-3-10(11)17-9-4-7(5-9)12(14)15/h2-3,6-7,9H,4-5H2,1H3,(H,14,15)/t7-,9-. The van der Waals surface area contributed by atoms with Gasteiger partial charge in [-0.3, -0.25) is 4.79 Å². The van der Waals surface area contributed by atoms with Crippen molar-refractivity contribution in [2.45, 2.75) is 18.9 Å². The molecule has 0 aromatic heterocycles. The SMILES string of the molecule is COc1cc(F)ccc1O[C@H]1C[C@H](C(=O)O)C1. The summed E-state index contributed by atoms with van der Waals surface area (Å²) in [4.78, 5) is 10.6. The lowest BCUT2D eigenvalue weighted by molar-refractivity contribution is -0.147. The first-order chi connectivity index (χ1) is 8.10. The van der Waals surface area contributed by atoms with E-state index in [2.05, 4.69) is 0 Å². The Hall–Kier alpha value is -1.78. The molecule has 0 amide bonds. The fraction of sp³-hybridized carbons (Fsp3) is 0.417. The quantitative estimate of drug-likeness (QED) is 0.875. The van der Waals surface area contributed by atoms with E-state index in [1.807, 2.05) is 0 Å². The second kappa shape index (κ2) is 4.61. The van der Waals surface area contributed by atoms with E-state index >= 15 is 0 Å². The van der Waals surface area contributed by atoms with Gasteiger partial charge in [0.25, 0.3) is 0 Å². The van der Waals surface area contributed by atoms with E-state index < -0.39 is 11.8 Å². The number of carboxylic acids is 1. The molecular weight excluding hydrogens is 227 g/mol. The molecule has 0 saturated heterocycles. The first-order valence-electron chi connectivity index (χ1n) is 5.33. The molecule has 0 spiro atoms. The second-order valence-electron chi connectivity index (χ2n) is 4.04. The molecule has 17 heavy (non-hydrogen) atoms. The number of carboxylic acid groups (broad SMARTS) is 1. The van der Waals surface area contributed by atoms with Gasteiger partial charge in [0.1, 0.15) is 11.9 Å². The minimum absolute atomic E-state index is 0.129. The molecule has 0 heterocycles. The average molecular weight is 240 g/mol. The summed E-state index contributed by atoms with van der Waals surface area (Å²) in [6.45, 7) is 0. The van der Waals surface area contributed by atoms with Crippen molar-refractivity contribution in [3.8, 4) is 11.5 Å². The lowest BCUT2D eigenvalue weighted by atomic mass is 9.82. The summed E-state index contributed by atoms with van der Waals surface area (Å²) in [6.07, 6.45) is 0.835. The summed E-state index contributed by atoms with van der Waals surface area (Å²) in [5, 5.41) is 8.72. The summed E-state index contributed by atoms with van der Waals surface area (Å²) in [7, 11) is 1.43. The van der Waals surface area contributed by atoms with Crippen LogP contribution in [0.25, 0.3) is 0 Å². The normalized spacial score (nSPS) is 22.7. The van der Waals surface area contributed by atoms with Crippen molar-refractivity contribution >= 4 is 5.97 Å². The van der Waals surface area contributed by atoms with Crippen LogP contribution in [0.5, 0.6) is 11.5 Å². The number of ether oxygens (including phenoxy) is 2. The topological polar surface area (TPSA) is 55.8 Å². The van der Waals surface area contributed by atoms with E-state index in [4.69, 9.17) is 14.6 Å². The third-order valence-electron chi connectivity index (χ3n) is 2.86. The largest absolute Gasteiger partial charge is 0.493 e. The van der Waals surface area contributed by atoms with Gasteiger partial charge in [0, 0.05) is 6.07 Å². The summed E-state index contributed by atoms with van der Waals surface area (Å²) in [5.41, 5.74) is 0. The van der Waals surface area contributed by atoms with Crippen LogP contribution in [0.4, 0.5) is 4.39 Å². The Kier molecular flexibility index (Phi) is 3.17. The molecule has 1 aliphatic carbocycles. The van der Waals surface area contributed by atoms with Gasteiger partial charge < -0.3 is 14.6 Å². The van der Waals surface area contributed by atoms with Crippen molar-refractivity contribution in [1.82, 2.24) is 0 Å². The summed E-state index contributed by atoms with van der Waals surface area (Å²) in [6, 6.07) is 4.01. The number of aliphatic carboxylic acids is 1. The molecule has 0 bridgehead atoms. The predicted molar refractivity (Wildman–Crippen MR) is 57.7 cm³/mol. The number of rotatable bonds is 4. The molecule has 1 aromatic carbocycles. The highest BCUT2D eigenvalue weighted by Crippen LogP contribution is 2.35. The maximum absolute atomic E-state index is 12.9. The first-order valence-corrected chi connectivity index (χ1v) is 5.33. The van der Waals surface area contributed by atoms with Crippen molar-refractivity contribution in [3.63, 3.8) is 0 Å². The van der Waals surface area contributed by atoms with Crippen molar-refractivity contribution < 1.29 is 23.8 Å². The molecule has 0 atom stereocenters. The highest BCUT2D eigenvalue weighted by molar-refractivity contribution is 5.71. The van der Waals surface area contributed by atoms with E-state index in [0.29, 0.717) is 24.3 Å². The van der Waals surface area contributed by atoms with Gasteiger partial charge in [-0.05, 0) is 25.0 Å². The van der Waals surface area contributed by atoms with Gasteiger partial charge in [0.2, 0.25) is 0 Å². The van der Waals surface area contributed by atoms with Gasteiger partial charge >= 0.3 is 5.97 Å². The van der Waals surface area contributed by atoms with Crippen molar-refractivity contribution in [2.75, 3.05) is 7.11 Å². The molecule has 0 radical (unpaired) electrons. The van der Waals surface area contributed by atoms with Crippen LogP contribution in [0, 0.1) is 11.7 Å². The molecular formula is C12H13FO4. The van der Waals surface area contributed by atoms with Gasteiger partial charge in [-0.2, -0.15) is 0 Å². The molecule has 2 rings (SSSR count). The number of hydrogen-bond donors (Lipinski definition) is 1. The minimum atomic E-state index is -0.795. The van der Waals surface area contributed by atoms with Crippen LogP contribution in [0.15, 0.2) is 18.2 Å². The van der Waals surface area contributed by atoms with E-state index in [1.165, 1.54) is 25.3 Å². The number of hydrogen-bond acceptors (Lipinski definition) is 3. The highest BCUT2D eigenvalue weighted by Gasteiger charge is 2.36. The van der Waals surface area contributed by atoms with E-state index in [9.17, 15) is 9.18 Å². The third kappa shape index (κ3) is 2.49. The number of benzene rings is 1. The molecule has 5 heteroatoms. The van der Waals surface area contributed by atoms with E-state index in [-0.39, 0.29) is 12.0 Å².